The Balaban J connectivity index is 2.01. The highest BCUT2D eigenvalue weighted by atomic mass is 16.2. The van der Waals surface area contributed by atoms with E-state index in [1.165, 1.54) is 10.9 Å². The predicted octanol–water partition coefficient (Wildman–Crippen LogP) is 2.46. The van der Waals surface area contributed by atoms with Gasteiger partial charge in [0.05, 0.1) is 11.8 Å². The summed E-state index contributed by atoms with van der Waals surface area (Å²) in [5.41, 5.74) is 2.45. The number of nitriles is 1. The van der Waals surface area contributed by atoms with Gasteiger partial charge in [0.2, 0.25) is 5.91 Å². The highest BCUT2D eigenvalue weighted by Gasteiger charge is 2.49. The Kier molecular flexibility index (Phi) is 2.23. The molecule has 2 aliphatic rings. The summed E-state index contributed by atoms with van der Waals surface area (Å²) in [4.78, 5) is 17.4. The number of carbonyl (C=O) groups is 1. The fourth-order valence-corrected chi connectivity index (χ4v) is 3.76. The second-order valence-corrected chi connectivity index (χ2v) is 5.65. The molecule has 3 heterocycles. The second-order valence-electron chi connectivity index (χ2n) is 5.65. The summed E-state index contributed by atoms with van der Waals surface area (Å²) in [5.74, 6) is 0.113. The first-order chi connectivity index (χ1) is 9.76. The number of piperidine rings is 1. The summed E-state index contributed by atoms with van der Waals surface area (Å²) >= 11 is 0. The highest BCUT2D eigenvalue weighted by Crippen LogP contribution is 2.44. The molecule has 1 N–H and O–H groups in total. The minimum Gasteiger partial charge on any atom is -0.355 e. The van der Waals surface area contributed by atoms with Gasteiger partial charge in [0.25, 0.3) is 0 Å². The van der Waals surface area contributed by atoms with Gasteiger partial charge in [-0.1, -0.05) is 18.2 Å². The van der Waals surface area contributed by atoms with E-state index in [-0.39, 0.29) is 5.91 Å². The first-order valence-corrected chi connectivity index (χ1v) is 7.08. The Morgan fingerprint density at radius 3 is 3.00 bits per heavy atom. The number of H-pyrrole nitrogens is 1. The molecule has 1 aromatic carbocycles. The van der Waals surface area contributed by atoms with Crippen LogP contribution in [0.1, 0.15) is 30.5 Å². The van der Waals surface area contributed by atoms with Crippen LogP contribution in [-0.2, 0) is 16.8 Å². The third kappa shape index (κ3) is 1.27. The van der Waals surface area contributed by atoms with Gasteiger partial charge in [-0.3, -0.25) is 4.79 Å². The van der Waals surface area contributed by atoms with Crippen molar-refractivity contribution < 1.29 is 4.79 Å². The average molecular weight is 265 g/mol. The molecule has 1 saturated heterocycles. The summed E-state index contributed by atoms with van der Waals surface area (Å²) in [5, 5.41) is 11.0. The van der Waals surface area contributed by atoms with Gasteiger partial charge in [-0.2, -0.15) is 5.26 Å². The Morgan fingerprint density at radius 2 is 2.15 bits per heavy atom. The molecule has 1 atom stereocenters. The van der Waals surface area contributed by atoms with Crippen LogP contribution in [0.3, 0.4) is 0 Å². The number of rotatable bonds is 0. The molecule has 0 bridgehead atoms. The lowest BCUT2D eigenvalue weighted by molar-refractivity contribution is -0.140. The number of para-hydroxylation sites is 1. The molecule has 1 amide bonds. The van der Waals surface area contributed by atoms with Crippen molar-refractivity contribution in [1.29, 1.82) is 5.26 Å². The van der Waals surface area contributed by atoms with Crippen molar-refractivity contribution in [2.45, 2.75) is 31.2 Å². The number of nitrogens with zero attached hydrogens (tertiary/aromatic N) is 2. The van der Waals surface area contributed by atoms with Crippen LogP contribution in [0.4, 0.5) is 0 Å². The van der Waals surface area contributed by atoms with Gasteiger partial charge < -0.3 is 9.88 Å². The molecule has 100 valence electrons. The molecule has 0 saturated carbocycles. The number of hydrogen-bond acceptors (Lipinski definition) is 2. The number of amides is 1. The van der Waals surface area contributed by atoms with Crippen LogP contribution in [0.2, 0.25) is 0 Å². The molecule has 0 aliphatic carbocycles. The number of nitrogens with one attached hydrogen (secondary N) is 1. The molecule has 1 unspecified atom stereocenters. The zero-order chi connectivity index (χ0) is 13.7. The monoisotopic (exact) mass is 265 g/mol. The van der Waals surface area contributed by atoms with Crippen molar-refractivity contribution in [3.05, 3.63) is 35.5 Å². The van der Waals surface area contributed by atoms with E-state index < -0.39 is 5.54 Å². The van der Waals surface area contributed by atoms with Crippen molar-refractivity contribution in [2.24, 2.45) is 0 Å². The molecule has 20 heavy (non-hydrogen) atoms. The Hall–Kier alpha value is -2.28. The van der Waals surface area contributed by atoms with E-state index in [2.05, 4.69) is 17.1 Å². The van der Waals surface area contributed by atoms with Gasteiger partial charge in [-0.15, -0.1) is 0 Å². The normalized spacial score (nSPS) is 25.1. The van der Waals surface area contributed by atoms with Crippen molar-refractivity contribution in [2.75, 3.05) is 6.54 Å². The molecular formula is C16H15N3O. The topological polar surface area (TPSA) is 59.9 Å². The van der Waals surface area contributed by atoms with E-state index in [4.69, 9.17) is 0 Å². The van der Waals surface area contributed by atoms with E-state index in [1.54, 1.807) is 4.90 Å². The zero-order valence-corrected chi connectivity index (χ0v) is 11.1. The fraction of sp³-hybridized carbons (Fsp3) is 0.375. The van der Waals surface area contributed by atoms with Crippen LogP contribution < -0.4 is 0 Å². The van der Waals surface area contributed by atoms with E-state index in [1.807, 2.05) is 18.2 Å². The van der Waals surface area contributed by atoms with Gasteiger partial charge in [0, 0.05) is 23.9 Å². The fourth-order valence-electron chi connectivity index (χ4n) is 3.76. The van der Waals surface area contributed by atoms with Crippen LogP contribution >= 0.6 is 0 Å². The molecular weight excluding hydrogens is 250 g/mol. The van der Waals surface area contributed by atoms with Gasteiger partial charge >= 0.3 is 0 Å². The minimum absolute atomic E-state index is 0.113. The maximum absolute atomic E-state index is 12.2. The van der Waals surface area contributed by atoms with E-state index in [0.29, 0.717) is 13.0 Å². The number of aromatic amines is 1. The smallest absolute Gasteiger partial charge is 0.224 e. The lowest BCUT2D eigenvalue weighted by Gasteiger charge is -2.45. The zero-order valence-electron chi connectivity index (χ0n) is 11.1. The standard InChI is InChI=1S/C16H15N3O/c17-10-16-8-3-6-14(20)19(16)9-7-12-11-4-1-2-5-13(11)18-15(12)16/h1-2,4-5,18H,3,6-9H2. The molecule has 2 aromatic rings. The summed E-state index contributed by atoms with van der Waals surface area (Å²) < 4.78 is 0. The van der Waals surface area contributed by atoms with Gasteiger partial charge in [-0.25, -0.2) is 0 Å². The minimum atomic E-state index is -0.776. The third-order valence-electron chi connectivity index (χ3n) is 4.69. The summed E-state index contributed by atoms with van der Waals surface area (Å²) in [6.45, 7) is 0.654. The van der Waals surface area contributed by atoms with Gasteiger partial charge in [0.15, 0.2) is 5.54 Å². The quantitative estimate of drug-likeness (QED) is 0.795. The lowest BCUT2D eigenvalue weighted by atomic mass is 9.79. The van der Waals surface area contributed by atoms with Crippen LogP contribution in [0, 0.1) is 11.3 Å². The molecule has 0 radical (unpaired) electrons. The summed E-state index contributed by atoms with van der Waals surface area (Å²) in [6.07, 6.45) is 2.92. The largest absolute Gasteiger partial charge is 0.355 e. The Labute approximate surface area is 117 Å². The van der Waals surface area contributed by atoms with Crippen molar-refractivity contribution >= 4 is 16.8 Å². The van der Waals surface area contributed by atoms with E-state index in [0.717, 1.165) is 30.5 Å². The first kappa shape index (κ1) is 11.5. The van der Waals surface area contributed by atoms with Gasteiger partial charge in [-0.05, 0) is 30.9 Å². The van der Waals surface area contributed by atoms with Gasteiger partial charge in [0.1, 0.15) is 0 Å². The van der Waals surface area contributed by atoms with Crippen LogP contribution in [-0.4, -0.2) is 22.3 Å². The Morgan fingerprint density at radius 1 is 1.30 bits per heavy atom. The van der Waals surface area contributed by atoms with Crippen LogP contribution in [0.5, 0.6) is 0 Å². The number of carbonyl (C=O) groups excluding carboxylic acids is 1. The third-order valence-corrected chi connectivity index (χ3v) is 4.69. The van der Waals surface area contributed by atoms with Crippen molar-refractivity contribution in [3.63, 3.8) is 0 Å². The molecule has 4 rings (SSSR count). The maximum Gasteiger partial charge on any atom is 0.224 e. The average Bonchev–Trinajstić information content (AvgIpc) is 2.87. The van der Waals surface area contributed by atoms with E-state index >= 15 is 0 Å². The van der Waals surface area contributed by atoms with Crippen LogP contribution in [0.25, 0.3) is 10.9 Å². The molecule has 0 spiro atoms. The SMILES string of the molecule is N#CC12CCCC(=O)N1CCc1c2[nH]c2ccccc12. The number of benzene rings is 1. The Bertz CT molecular complexity index is 755. The first-order valence-electron chi connectivity index (χ1n) is 7.08. The lowest BCUT2D eigenvalue weighted by Crippen LogP contribution is -2.55. The van der Waals surface area contributed by atoms with Crippen molar-refractivity contribution in [1.82, 2.24) is 9.88 Å². The summed E-state index contributed by atoms with van der Waals surface area (Å²) in [6, 6.07) is 10.6. The predicted molar refractivity (Wildman–Crippen MR) is 74.9 cm³/mol. The molecule has 4 heteroatoms. The van der Waals surface area contributed by atoms with Crippen LogP contribution in [0.15, 0.2) is 24.3 Å². The maximum atomic E-state index is 12.2. The second kappa shape index (κ2) is 3.86. The van der Waals surface area contributed by atoms with Crippen molar-refractivity contribution in [3.8, 4) is 6.07 Å². The summed E-state index contributed by atoms with van der Waals surface area (Å²) in [7, 11) is 0. The number of aromatic nitrogens is 1. The molecule has 1 fully saturated rings. The number of hydrogen-bond donors (Lipinski definition) is 1. The van der Waals surface area contributed by atoms with E-state index in [9.17, 15) is 10.1 Å². The molecule has 4 nitrogen and oxygen atoms in total. The molecule has 1 aromatic heterocycles. The highest BCUT2D eigenvalue weighted by molar-refractivity contribution is 5.87. The molecule has 2 aliphatic heterocycles. The number of fused-ring (bicyclic) bond motifs is 5.